The number of thiazole rings is 1. The molecular weight excluding hydrogens is 228 g/mol. The van der Waals surface area contributed by atoms with Crippen molar-refractivity contribution in [2.45, 2.75) is 33.6 Å². The number of hydrogen-bond acceptors (Lipinski definition) is 3. The smallest absolute Gasteiger partial charge is 0.183 e. The van der Waals surface area contributed by atoms with Gasteiger partial charge in [0.1, 0.15) is 0 Å². The summed E-state index contributed by atoms with van der Waals surface area (Å²) in [4.78, 5) is 4.60. The van der Waals surface area contributed by atoms with Gasteiger partial charge in [0.05, 0.1) is 10.2 Å². The third-order valence-corrected chi connectivity index (χ3v) is 3.77. The highest BCUT2D eigenvalue weighted by Crippen LogP contribution is 2.26. The summed E-state index contributed by atoms with van der Waals surface area (Å²) < 4.78 is 1.27. The van der Waals surface area contributed by atoms with Gasteiger partial charge in [0.2, 0.25) is 0 Å². The van der Waals surface area contributed by atoms with Gasteiger partial charge in [-0.15, -0.1) is 0 Å². The van der Waals surface area contributed by atoms with Gasteiger partial charge >= 0.3 is 0 Å². The SMILES string of the molecule is Cc1ccc2sc(NCCCC(C)C)nc2c1. The predicted octanol–water partition coefficient (Wildman–Crippen LogP) is 4.45. The van der Waals surface area contributed by atoms with Crippen LogP contribution in [0.25, 0.3) is 10.2 Å². The normalized spacial score (nSPS) is 11.3. The van der Waals surface area contributed by atoms with Crippen molar-refractivity contribution < 1.29 is 0 Å². The molecule has 0 aliphatic carbocycles. The van der Waals surface area contributed by atoms with Crippen molar-refractivity contribution in [3.63, 3.8) is 0 Å². The lowest BCUT2D eigenvalue weighted by molar-refractivity contribution is 0.567. The molecule has 0 amide bonds. The Hall–Kier alpha value is -1.09. The van der Waals surface area contributed by atoms with Crippen LogP contribution in [-0.2, 0) is 0 Å². The molecule has 1 aromatic heterocycles. The van der Waals surface area contributed by atoms with E-state index in [1.165, 1.54) is 23.1 Å². The highest BCUT2D eigenvalue weighted by molar-refractivity contribution is 7.22. The minimum atomic E-state index is 0.787. The molecule has 0 saturated carbocycles. The number of nitrogens with zero attached hydrogens (tertiary/aromatic N) is 1. The van der Waals surface area contributed by atoms with E-state index in [1.54, 1.807) is 11.3 Å². The lowest BCUT2D eigenvalue weighted by Gasteiger charge is -2.04. The molecular formula is C14H20N2S. The lowest BCUT2D eigenvalue weighted by atomic mass is 10.1. The van der Waals surface area contributed by atoms with Gasteiger partial charge in [-0.25, -0.2) is 4.98 Å². The molecule has 17 heavy (non-hydrogen) atoms. The van der Waals surface area contributed by atoms with Crippen LogP contribution in [0.15, 0.2) is 18.2 Å². The standard InChI is InChI=1S/C14H20N2S/c1-10(2)5-4-8-15-14-16-12-9-11(3)6-7-13(12)17-14/h6-7,9-10H,4-5,8H2,1-3H3,(H,15,16). The molecule has 1 heterocycles. The van der Waals surface area contributed by atoms with Crippen LogP contribution in [0.3, 0.4) is 0 Å². The van der Waals surface area contributed by atoms with Crippen LogP contribution < -0.4 is 5.32 Å². The molecule has 0 fully saturated rings. The Morgan fingerprint density at radius 1 is 1.35 bits per heavy atom. The molecule has 3 heteroatoms. The Morgan fingerprint density at radius 2 is 2.18 bits per heavy atom. The number of aryl methyl sites for hydroxylation is 1. The minimum Gasteiger partial charge on any atom is -0.361 e. The van der Waals surface area contributed by atoms with Crippen LogP contribution in [0.4, 0.5) is 5.13 Å². The van der Waals surface area contributed by atoms with Gasteiger partial charge < -0.3 is 5.32 Å². The number of hydrogen-bond donors (Lipinski definition) is 1. The summed E-state index contributed by atoms with van der Waals surface area (Å²) in [5, 5.41) is 4.47. The van der Waals surface area contributed by atoms with E-state index in [0.717, 1.165) is 23.1 Å². The Balaban J connectivity index is 1.95. The van der Waals surface area contributed by atoms with Gasteiger partial charge in [0.15, 0.2) is 5.13 Å². The molecule has 0 aliphatic rings. The van der Waals surface area contributed by atoms with E-state index < -0.39 is 0 Å². The van der Waals surface area contributed by atoms with Crippen LogP contribution >= 0.6 is 11.3 Å². The van der Waals surface area contributed by atoms with Gasteiger partial charge in [-0.1, -0.05) is 31.3 Å². The Bertz CT molecular complexity index is 488. The van der Waals surface area contributed by atoms with Crippen molar-refractivity contribution in [2.75, 3.05) is 11.9 Å². The molecule has 2 rings (SSSR count). The third-order valence-electron chi connectivity index (χ3n) is 2.78. The molecule has 1 N–H and O–H groups in total. The molecule has 0 unspecified atom stereocenters. The first-order valence-electron chi connectivity index (χ1n) is 6.26. The molecule has 0 radical (unpaired) electrons. The zero-order valence-electron chi connectivity index (χ0n) is 10.8. The quantitative estimate of drug-likeness (QED) is 0.791. The van der Waals surface area contributed by atoms with Crippen molar-refractivity contribution in [2.24, 2.45) is 5.92 Å². The number of aromatic nitrogens is 1. The average molecular weight is 248 g/mol. The molecule has 0 saturated heterocycles. The second-order valence-electron chi connectivity index (χ2n) is 4.95. The Labute approximate surface area is 107 Å². The summed E-state index contributed by atoms with van der Waals surface area (Å²) in [6, 6.07) is 6.44. The predicted molar refractivity (Wildman–Crippen MR) is 76.9 cm³/mol. The summed E-state index contributed by atoms with van der Waals surface area (Å²) in [7, 11) is 0. The maximum atomic E-state index is 4.60. The molecule has 0 aliphatic heterocycles. The van der Waals surface area contributed by atoms with Crippen molar-refractivity contribution >= 4 is 26.7 Å². The minimum absolute atomic E-state index is 0.787. The van der Waals surface area contributed by atoms with Crippen LogP contribution in [0, 0.1) is 12.8 Å². The van der Waals surface area contributed by atoms with Crippen LogP contribution in [-0.4, -0.2) is 11.5 Å². The van der Waals surface area contributed by atoms with E-state index >= 15 is 0 Å². The maximum Gasteiger partial charge on any atom is 0.183 e. The van der Waals surface area contributed by atoms with Gasteiger partial charge in [-0.3, -0.25) is 0 Å². The summed E-state index contributed by atoms with van der Waals surface area (Å²) in [5.74, 6) is 0.787. The number of anilines is 1. The summed E-state index contributed by atoms with van der Waals surface area (Å²) in [6.07, 6.45) is 2.49. The van der Waals surface area contributed by atoms with Gasteiger partial charge in [0, 0.05) is 6.54 Å². The fourth-order valence-electron chi connectivity index (χ4n) is 1.82. The van der Waals surface area contributed by atoms with Crippen LogP contribution in [0.1, 0.15) is 32.3 Å². The average Bonchev–Trinajstić information content (AvgIpc) is 2.66. The molecule has 1 aromatic carbocycles. The summed E-state index contributed by atoms with van der Waals surface area (Å²) in [6.45, 7) is 7.66. The molecule has 0 atom stereocenters. The van der Waals surface area contributed by atoms with Crippen molar-refractivity contribution in [1.29, 1.82) is 0 Å². The number of nitrogens with one attached hydrogen (secondary N) is 1. The van der Waals surface area contributed by atoms with E-state index in [9.17, 15) is 0 Å². The number of rotatable bonds is 5. The fourth-order valence-corrected chi connectivity index (χ4v) is 2.69. The second-order valence-corrected chi connectivity index (χ2v) is 5.98. The number of fused-ring (bicyclic) bond motifs is 1. The molecule has 0 bridgehead atoms. The Kier molecular flexibility index (Phi) is 4.00. The van der Waals surface area contributed by atoms with Gasteiger partial charge in [0.25, 0.3) is 0 Å². The zero-order valence-corrected chi connectivity index (χ0v) is 11.6. The largest absolute Gasteiger partial charge is 0.361 e. The van der Waals surface area contributed by atoms with E-state index in [4.69, 9.17) is 0 Å². The summed E-state index contributed by atoms with van der Waals surface area (Å²) in [5.41, 5.74) is 2.38. The van der Waals surface area contributed by atoms with E-state index in [0.29, 0.717) is 0 Å². The lowest BCUT2D eigenvalue weighted by Crippen LogP contribution is -2.02. The van der Waals surface area contributed by atoms with Gasteiger partial charge in [-0.2, -0.15) is 0 Å². The second kappa shape index (κ2) is 5.50. The van der Waals surface area contributed by atoms with E-state index in [-0.39, 0.29) is 0 Å². The monoisotopic (exact) mass is 248 g/mol. The molecule has 0 spiro atoms. The third kappa shape index (κ3) is 3.43. The van der Waals surface area contributed by atoms with Crippen LogP contribution in [0.2, 0.25) is 0 Å². The first-order valence-corrected chi connectivity index (χ1v) is 7.08. The summed E-state index contributed by atoms with van der Waals surface area (Å²) >= 11 is 1.74. The highest BCUT2D eigenvalue weighted by Gasteiger charge is 2.03. The molecule has 92 valence electrons. The van der Waals surface area contributed by atoms with E-state index in [2.05, 4.69) is 49.3 Å². The van der Waals surface area contributed by atoms with E-state index in [1.807, 2.05) is 0 Å². The Morgan fingerprint density at radius 3 is 2.94 bits per heavy atom. The van der Waals surface area contributed by atoms with Crippen molar-refractivity contribution in [1.82, 2.24) is 4.98 Å². The molecule has 2 aromatic rings. The van der Waals surface area contributed by atoms with Crippen molar-refractivity contribution in [3.05, 3.63) is 23.8 Å². The van der Waals surface area contributed by atoms with Crippen LogP contribution in [0.5, 0.6) is 0 Å². The topological polar surface area (TPSA) is 24.9 Å². The first-order chi connectivity index (χ1) is 8.15. The maximum absolute atomic E-state index is 4.60. The highest BCUT2D eigenvalue weighted by atomic mass is 32.1. The zero-order chi connectivity index (χ0) is 12.3. The fraction of sp³-hybridized carbons (Fsp3) is 0.500. The van der Waals surface area contributed by atoms with Gasteiger partial charge in [-0.05, 0) is 43.4 Å². The first kappa shape index (κ1) is 12.4. The number of benzene rings is 1. The molecule has 2 nitrogen and oxygen atoms in total. The van der Waals surface area contributed by atoms with Crippen molar-refractivity contribution in [3.8, 4) is 0 Å².